The van der Waals surface area contributed by atoms with Gasteiger partial charge in [-0.2, -0.15) is 0 Å². The van der Waals surface area contributed by atoms with E-state index < -0.39 is 0 Å². The molecule has 0 radical (unpaired) electrons. The molecule has 1 saturated carbocycles. The van der Waals surface area contributed by atoms with Crippen LogP contribution in [-0.2, 0) is 4.74 Å². The fourth-order valence-corrected chi connectivity index (χ4v) is 2.69. The zero-order valence-corrected chi connectivity index (χ0v) is 12.7. The van der Waals surface area contributed by atoms with Crippen LogP contribution in [0.2, 0.25) is 0 Å². The van der Waals surface area contributed by atoms with Gasteiger partial charge < -0.3 is 15.4 Å². The molecule has 0 atom stereocenters. The second kappa shape index (κ2) is 7.17. The van der Waals surface area contributed by atoms with Crippen molar-refractivity contribution in [1.82, 2.24) is 15.0 Å². The molecule has 1 aliphatic rings. The van der Waals surface area contributed by atoms with E-state index in [1.807, 2.05) is 12.1 Å². The maximum absolute atomic E-state index is 5.39. The Morgan fingerprint density at radius 1 is 1.00 bits per heavy atom. The van der Waals surface area contributed by atoms with E-state index in [0.717, 1.165) is 37.1 Å². The van der Waals surface area contributed by atoms with Gasteiger partial charge in [-0.15, -0.1) is 0 Å². The van der Waals surface area contributed by atoms with Crippen LogP contribution < -0.4 is 10.6 Å². The number of rotatable bonds is 5. The van der Waals surface area contributed by atoms with Gasteiger partial charge in [0, 0.05) is 31.2 Å². The highest BCUT2D eigenvalue weighted by atomic mass is 16.5. The van der Waals surface area contributed by atoms with Crippen LogP contribution in [0.3, 0.4) is 0 Å². The van der Waals surface area contributed by atoms with Crippen molar-refractivity contribution in [2.75, 3.05) is 17.7 Å². The minimum atomic E-state index is 0.408. The number of anilines is 3. The molecule has 1 fully saturated rings. The van der Waals surface area contributed by atoms with E-state index in [1.54, 1.807) is 31.9 Å². The second-order valence-electron chi connectivity index (χ2n) is 5.51. The van der Waals surface area contributed by atoms with Gasteiger partial charge in [-0.3, -0.25) is 4.98 Å². The molecule has 2 aromatic heterocycles. The molecule has 0 bridgehead atoms. The Morgan fingerprint density at radius 2 is 1.68 bits per heavy atom. The summed E-state index contributed by atoms with van der Waals surface area (Å²) in [5.74, 6) is 0.682. The smallest absolute Gasteiger partial charge is 0.222 e. The van der Waals surface area contributed by atoms with E-state index in [1.165, 1.54) is 0 Å². The van der Waals surface area contributed by atoms with Gasteiger partial charge in [-0.1, -0.05) is 0 Å². The van der Waals surface area contributed by atoms with Gasteiger partial charge in [-0.25, -0.2) is 9.97 Å². The Morgan fingerprint density at radius 3 is 2.32 bits per heavy atom. The van der Waals surface area contributed by atoms with Crippen LogP contribution >= 0.6 is 0 Å². The summed E-state index contributed by atoms with van der Waals surface area (Å²) in [6.45, 7) is 0. The zero-order valence-electron chi connectivity index (χ0n) is 12.7. The van der Waals surface area contributed by atoms with E-state index >= 15 is 0 Å². The van der Waals surface area contributed by atoms with Crippen molar-refractivity contribution in [3.8, 4) is 0 Å². The lowest BCUT2D eigenvalue weighted by Gasteiger charge is -2.28. The molecule has 2 aromatic rings. The predicted molar refractivity (Wildman–Crippen MR) is 86.2 cm³/mol. The Kier molecular flexibility index (Phi) is 4.80. The standard InChI is InChI=1S/C16H21N5O/c1-22-15-4-2-12(3-5-15)21-16-18-10-14(11-19-16)20-13-6-8-17-9-7-13/h6-12,15H,2-5H2,1H3,(H,17,20)(H,18,19,21). The number of methoxy groups -OCH3 is 1. The van der Waals surface area contributed by atoms with Crippen molar-refractivity contribution >= 4 is 17.3 Å². The summed E-state index contributed by atoms with van der Waals surface area (Å²) in [6, 6.07) is 4.24. The van der Waals surface area contributed by atoms with E-state index in [-0.39, 0.29) is 0 Å². The average molecular weight is 299 g/mol. The number of hydrogen-bond acceptors (Lipinski definition) is 6. The third-order valence-corrected chi connectivity index (χ3v) is 3.96. The number of ether oxygens (including phenoxy) is 1. The summed E-state index contributed by atoms with van der Waals surface area (Å²) in [7, 11) is 1.79. The van der Waals surface area contributed by atoms with Crippen molar-refractivity contribution < 1.29 is 4.74 Å². The SMILES string of the molecule is COC1CCC(Nc2ncc(Nc3ccncc3)cn2)CC1. The topological polar surface area (TPSA) is 72.0 Å². The highest BCUT2D eigenvalue weighted by Gasteiger charge is 2.21. The highest BCUT2D eigenvalue weighted by molar-refractivity contribution is 5.57. The molecule has 0 spiro atoms. The average Bonchev–Trinajstić information content (AvgIpc) is 2.58. The van der Waals surface area contributed by atoms with Crippen molar-refractivity contribution in [3.63, 3.8) is 0 Å². The number of nitrogens with zero attached hydrogens (tertiary/aromatic N) is 3. The summed E-state index contributed by atoms with van der Waals surface area (Å²) < 4.78 is 5.39. The van der Waals surface area contributed by atoms with Crippen LogP contribution in [0.15, 0.2) is 36.9 Å². The van der Waals surface area contributed by atoms with Crippen LogP contribution in [0.4, 0.5) is 17.3 Å². The van der Waals surface area contributed by atoms with E-state index in [9.17, 15) is 0 Å². The van der Waals surface area contributed by atoms with Gasteiger partial charge in [0.05, 0.1) is 24.2 Å². The van der Waals surface area contributed by atoms with Crippen molar-refractivity contribution in [2.45, 2.75) is 37.8 Å². The molecular formula is C16H21N5O. The minimum Gasteiger partial charge on any atom is -0.381 e. The molecule has 0 aromatic carbocycles. The van der Waals surface area contributed by atoms with Crippen molar-refractivity contribution in [1.29, 1.82) is 0 Å². The Labute approximate surface area is 130 Å². The van der Waals surface area contributed by atoms with Crippen LogP contribution in [-0.4, -0.2) is 34.2 Å². The second-order valence-corrected chi connectivity index (χ2v) is 5.51. The lowest BCUT2D eigenvalue weighted by molar-refractivity contribution is 0.0681. The minimum absolute atomic E-state index is 0.408. The highest BCUT2D eigenvalue weighted by Crippen LogP contribution is 2.23. The van der Waals surface area contributed by atoms with Crippen LogP contribution in [0.25, 0.3) is 0 Å². The maximum atomic E-state index is 5.39. The number of hydrogen-bond donors (Lipinski definition) is 2. The lowest BCUT2D eigenvalue weighted by Crippen LogP contribution is -2.29. The molecule has 1 aliphatic carbocycles. The van der Waals surface area contributed by atoms with Crippen molar-refractivity contribution in [3.05, 3.63) is 36.9 Å². The molecule has 6 nitrogen and oxygen atoms in total. The lowest BCUT2D eigenvalue weighted by atomic mass is 9.93. The first-order chi connectivity index (χ1) is 10.8. The molecule has 22 heavy (non-hydrogen) atoms. The number of aromatic nitrogens is 3. The monoisotopic (exact) mass is 299 g/mol. The van der Waals surface area contributed by atoms with Gasteiger partial charge in [0.1, 0.15) is 0 Å². The Balaban J connectivity index is 1.53. The molecule has 6 heteroatoms. The van der Waals surface area contributed by atoms with Gasteiger partial charge in [0.25, 0.3) is 0 Å². The number of nitrogens with one attached hydrogen (secondary N) is 2. The zero-order chi connectivity index (χ0) is 15.2. The quantitative estimate of drug-likeness (QED) is 0.884. The fourth-order valence-electron chi connectivity index (χ4n) is 2.69. The summed E-state index contributed by atoms with van der Waals surface area (Å²) in [4.78, 5) is 12.7. The molecule has 116 valence electrons. The summed E-state index contributed by atoms with van der Waals surface area (Å²) in [5, 5.41) is 6.64. The van der Waals surface area contributed by atoms with Crippen LogP contribution in [0, 0.1) is 0 Å². The third-order valence-electron chi connectivity index (χ3n) is 3.96. The van der Waals surface area contributed by atoms with Crippen LogP contribution in [0.1, 0.15) is 25.7 Å². The third kappa shape index (κ3) is 3.92. The number of pyridine rings is 1. The van der Waals surface area contributed by atoms with Gasteiger partial charge in [-0.05, 0) is 37.8 Å². The van der Waals surface area contributed by atoms with Gasteiger partial charge in [0.2, 0.25) is 5.95 Å². The first-order valence-electron chi connectivity index (χ1n) is 7.62. The molecule has 2 N–H and O–H groups in total. The van der Waals surface area contributed by atoms with Crippen LogP contribution in [0.5, 0.6) is 0 Å². The van der Waals surface area contributed by atoms with Gasteiger partial charge in [0.15, 0.2) is 0 Å². The van der Waals surface area contributed by atoms with Crippen molar-refractivity contribution in [2.24, 2.45) is 0 Å². The fraction of sp³-hybridized carbons (Fsp3) is 0.438. The maximum Gasteiger partial charge on any atom is 0.222 e. The predicted octanol–water partition coefficient (Wildman–Crippen LogP) is 2.98. The molecule has 0 aliphatic heterocycles. The molecular weight excluding hydrogens is 278 g/mol. The largest absolute Gasteiger partial charge is 0.381 e. The molecule has 2 heterocycles. The first kappa shape index (κ1) is 14.7. The van der Waals surface area contributed by atoms with E-state index in [4.69, 9.17) is 4.74 Å². The van der Waals surface area contributed by atoms with Gasteiger partial charge >= 0.3 is 0 Å². The summed E-state index contributed by atoms with van der Waals surface area (Å²) in [6.07, 6.45) is 11.9. The Hall–Kier alpha value is -2.21. The normalized spacial score (nSPS) is 21.3. The molecule has 3 rings (SSSR count). The Bertz CT molecular complexity index is 567. The van der Waals surface area contributed by atoms with E-state index in [0.29, 0.717) is 18.1 Å². The summed E-state index contributed by atoms with van der Waals surface area (Å²) >= 11 is 0. The summed E-state index contributed by atoms with van der Waals surface area (Å²) in [5.41, 5.74) is 1.83. The first-order valence-corrected chi connectivity index (χ1v) is 7.62. The molecule has 0 unspecified atom stereocenters. The molecule has 0 amide bonds. The molecule has 0 saturated heterocycles. The van der Waals surface area contributed by atoms with E-state index in [2.05, 4.69) is 25.6 Å².